The number of nitrogens with one attached hydrogen (secondary N) is 1. The molecule has 0 aliphatic carbocycles. The van der Waals surface area contributed by atoms with Crippen LogP contribution in [0.1, 0.15) is 26.7 Å². The molecule has 1 heterocycles. The molecule has 17 heavy (non-hydrogen) atoms. The van der Waals surface area contributed by atoms with Gasteiger partial charge in [0.1, 0.15) is 0 Å². The summed E-state index contributed by atoms with van der Waals surface area (Å²) in [5, 5.41) is 2.94. The van der Waals surface area contributed by atoms with E-state index < -0.39 is 0 Å². The van der Waals surface area contributed by atoms with E-state index in [1.165, 1.54) is 0 Å². The van der Waals surface area contributed by atoms with Crippen LogP contribution < -0.4 is 11.1 Å². The van der Waals surface area contributed by atoms with E-state index in [9.17, 15) is 9.59 Å². The van der Waals surface area contributed by atoms with Gasteiger partial charge in [0.05, 0.1) is 5.92 Å². The van der Waals surface area contributed by atoms with Crippen LogP contribution in [0.3, 0.4) is 0 Å². The minimum atomic E-state index is -0.214. The Morgan fingerprint density at radius 3 is 2.65 bits per heavy atom. The SMILES string of the molecule is CC(C)CC(CN)NC(=O)C1CC(=O)N(C)C1. The van der Waals surface area contributed by atoms with Crippen LogP contribution in [0.5, 0.6) is 0 Å². The quantitative estimate of drug-likeness (QED) is 0.709. The van der Waals surface area contributed by atoms with Crippen molar-refractivity contribution in [1.29, 1.82) is 0 Å². The van der Waals surface area contributed by atoms with Crippen molar-refractivity contribution in [3.05, 3.63) is 0 Å². The third-order valence-electron chi connectivity index (χ3n) is 3.10. The van der Waals surface area contributed by atoms with Gasteiger partial charge < -0.3 is 16.0 Å². The van der Waals surface area contributed by atoms with Crippen LogP contribution in [-0.4, -0.2) is 42.9 Å². The van der Waals surface area contributed by atoms with Crippen LogP contribution in [0.4, 0.5) is 0 Å². The molecule has 2 amide bonds. The molecule has 98 valence electrons. The fourth-order valence-corrected chi connectivity index (χ4v) is 2.14. The summed E-state index contributed by atoms with van der Waals surface area (Å²) < 4.78 is 0. The van der Waals surface area contributed by atoms with Gasteiger partial charge in [0, 0.05) is 32.6 Å². The highest BCUT2D eigenvalue weighted by Gasteiger charge is 2.32. The van der Waals surface area contributed by atoms with Gasteiger partial charge in [0.15, 0.2) is 0 Å². The van der Waals surface area contributed by atoms with E-state index in [1.807, 2.05) is 0 Å². The van der Waals surface area contributed by atoms with E-state index in [1.54, 1.807) is 11.9 Å². The third kappa shape index (κ3) is 4.00. The molecule has 1 saturated heterocycles. The molecule has 0 aromatic heterocycles. The zero-order valence-corrected chi connectivity index (χ0v) is 10.9. The lowest BCUT2D eigenvalue weighted by Gasteiger charge is -2.20. The van der Waals surface area contributed by atoms with Crippen molar-refractivity contribution in [2.75, 3.05) is 20.1 Å². The second-order valence-electron chi connectivity index (χ2n) is 5.25. The lowest BCUT2D eigenvalue weighted by atomic mass is 10.0. The number of rotatable bonds is 5. The van der Waals surface area contributed by atoms with Gasteiger partial charge in [0.25, 0.3) is 0 Å². The van der Waals surface area contributed by atoms with Gasteiger partial charge >= 0.3 is 0 Å². The smallest absolute Gasteiger partial charge is 0.225 e. The van der Waals surface area contributed by atoms with Crippen molar-refractivity contribution < 1.29 is 9.59 Å². The van der Waals surface area contributed by atoms with Crippen LogP contribution in [0.15, 0.2) is 0 Å². The standard InChI is InChI=1S/C12H23N3O2/c1-8(2)4-10(6-13)14-12(17)9-5-11(16)15(3)7-9/h8-10H,4-7,13H2,1-3H3,(H,14,17). The van der Waals surface area contributed by atoms with Gasteiger partial charge in [-0.1, -0.05) is 13.8 Å². The summed E-state index contributed by atoms with van der Waals surface area (Å²) in [4.78, 5) is 24.9. The van der Waals surface area contributed by atoms with E-state index in [0.29, 0.717) is 25.4 Å². The average Bonchev–Trinajstić information content (AvgIpc) is 2.57. The predicted molar refractivity (Wildman–Crippen MR) is 66.2 cm³/mol. The molecule has 1 aliphatic heterocycles. The molecule has 1 fully saturated rings. The molecule has 1 aliphatic rings. The summed E-state index contributed by atoms with van der Waals surface area (Å²) in [7, 11) is 1.73. The summed E-state index contributed by atoms with van der Waals surface area (Å²) >= 11 is 0. The maximum absolute atomic E-state index is 11.9. The van der Waals surface area contributed by atoms with Crippen molar-refractivity contribution in [2.24, 2.45) is 17.6 Å². The predicted octanol–water partition coefficient (Wildman–Crippen LogP) is -0.0457. The molecule has 5 heteroatoms. The largest absolute Gasteiger partial charge is 0.352 e. The summed E-state index contributed by atoms with van der Waals surface area (Å²) in [5.74, 6) is 0.280. The number of nitrogens with two attached hydrogens (primary N) is 1. The molecule has 0 spiro atoms. The highest BCUT2D eigenvalue weighted by Crippen LogP contribution is 2.16. The first-order valence-corrected chi connectivity index (χ1v) is 6.18. The normalized spacial score (nSPS) is 22.1. The number of carbonyl (C=O) groups excluding carboxylic acids is 2. The number of hydrogen-bond acceptors (Lipinski definition) is 3. The maximum Gasteiger partial charge on any atom is 0.225 e. The number of amides is 2. The summed E-state index contributed by atoms with van der Waals surface area (Å²) in [6, 6.07) is 0.0171. The van der Waals surface area contributed by atoms with Gasteiger partial charge in [-0.05, 0) is 12.3 Å². The fourth-order valence-electron chi connectivity index (χ4n) is 2.14. The van der Waals surface area contributed by atoms with Crippen molar-refractivity contribution in [1.82, 2.24) is 10.2 Å². The Kier molecular flexibility index (Phi) is 4.93. The van der Waals surface area contributed by atoms with Gasteiger partial charge in [0.2, 0.25) is 11.8 Å². The van der Waals surface area contributed by atoms with Crippen molar-refractivity contribution in [3.63, 3.8) is 0 Å². The van der Waals surface area contributed by atoms with Crippen LogP contribution in [0, 0.1) is 11.8 Å². The molecule has 0 radical (unpaired) electrons. The molecule has 3 N–H and O–H groups in total. The highest BCUT2D eigenvalue weighted by atomic mass is 16.2. The Balaban J connectivity index is 2.45. The first kappa shape index (κ1) is 14.0. The minimum Gasteiger partial charge on any atom is -0.352 e. The Hall–Kier alpha value is -1.10. The number of likely N-dealkylation sites (tertiary alicyclic amines) is 1. The molecule has 2 unspecified atom stereocenters. The summed E-state index contributed by atoms with van der Waals surface area (Å²) in [5.41, 5.74) is 5.63. The first-order valence-electron chi connectivity index (χ1n) is 6.18. The molecule has 1 rings (SSSR count). The first-order chi connectivity index (χ1) is 7.93. The Morgan fingerprint density at radius 1 is 1.59 bits per heavy atom. The average molecular weight is 241 g/mol. The lowest BCUT2D eigenvalue weighted by Crippen LogP contribution is -2.44. The van der Waals surface area contributed by atoms with Gasteiger partial charge in [-0.15, -0.1) is 0 Å². The van der Waals surface area contributed by atoms with Gasteiger partial charge in [-0.3, -0.25) is 9.59 Å². The van der Waals surface area contributed by atoms with Gasteiger partial charge in [-0.25, -0.2) is 0 Å². The lowest BCUT2D eigenvalue weighted by molar-refractivity contribution is -0.128. The Labute approximate surface area is 103 Å². The molecule has 5 nitrogen and oxygen atoms in total. The molecule has 0 aromatic carbocycles. The van der Waals surface area contributed by atoms with E-state index in [4.69, 9.17) is 5.73 Å². The zero-order valence-electron chi connectivity index (χ0n) is 10.9. The Bertz CT molecular complexity index is 291. The molecular formula is C12H23N3O2. The van der Waals surface area contributed by atoms with E-state index in [-0.39, 0.29) is 23.8 Å². The van der Waals surface area contributed by atoms with Crippen molar-refractivity contribution in [2.45, 2.75) is 32.7 Å². The van der Waals surface area contributed by atoms with Crippen LogP contribution in [0.25, 0.3) is 0 Å². The van der Waals surface area contributed by atoms with E-state index >= 15 is 0 Å². The molecular weight excluding hydrogens is 218 g/mol. The van der Waals surface area contributed by atoms with Crippen molar-refractivity contribution >= 4 is 11.8 Å². The zero-order chi connectivity index (χ0) is 13.0. The highest BCUT2D eigenvalue weighted by molar-refractivity contribution is 5.89. The number of carbonyl (C=O) groups is 2. The van der Waals surface area contributed by atoms with Crippen LogP contribution >= 0.6 is 0 Å². The van der Waals surface area contributed by atoms with E-state index in [2.05, 4.69) is 19.2 Å². The topological polar surface area (TPSA) is 75.4 Å². The monoisotopic (exact) mass is 241 g/mol. The second kappa shape index (κ2) is 6.00. The van der Waals surface area contributed by atoms with E-state index in [0.717, 1.165) is 6.42 Å². The summed E-state index contributed by atoms with van der Waals surface area (Å²) in [6.45, 7) is 5.16. The van der Waals surface area contributed by atoms with Crippen molar-refractivity contribution in [3.8, 4) is 0 Å². The molecule has 0 bridgehead atoms. The van der Waals surface area contributed by atoms with Gasteiger partial charge in [-0.2, -0.15) is 0 Å². The Morgan fingerprint density at radius 2 is 2.24 bits per heavy atom. The molecule has 2 atom stereocenters. The third-order valence-corrected chi connectivity index (χ3v) is 3.10. The molecule has 0 saturated carbocycles. The number of hydrogen-bond donors (Lipinski definition) is 2. The fraction of sp³-hybridized carbons (Fsp3) is 0.833. The molecule has 0 aromatic rings. The number of nitrogens with zero attached hydrogens (tertiary/aromatic N) is 1. The second-order valence-corrected chi connectivity index (χ2v) is 5.25. The maximum atomic E-state index is 11.9. The minimum absolute atomic E-state index is 0.0171. The van der Waals surface area contributed by atoms with Crippen LogP contribution in [0.2, 0.25) is 0 Å². The summed E-state index contributed by atoms with van der Waals surface area (Å²) in [6.07, 6.45) is 1.19. The van der Waals surface area contributed by atoms with Crippen LogP contribution in [-0.2, 0) is 9.59 Å².